The highest BCUT2D eigenvalue weighted by atomic mass is 32.2. The molecule has 0 aliphatic rings. The van der Waals surface area contributed by atoms with E-state index in [4.69, 9.17) is 9.47 Å². The highest BCUT2D eigenvalue weighted by Crippen LogP contribution is 2.19. The van der Waals surface area contributed by atoms with Gasteiger partial charge in [-0.25, -0.2) is 27.9 Å². The zero-order chi connectivity index (χ0) is 37.7. The van der Waals surface area contributed by atoms with Gasteiger partial charge in [0.2, 0.25) is 0 Å². The van der Waals surface area contributed by atoms with E-state index >= 15 is 0 Å². The molecule has 9 heteroatoms. The minimum atomic E-state index is -0.167. The molecule has 0 N–H and O–H groups in total. The van der Waals surface area contributed by atoms with Gasteiger partial charge in [-0.2, -0.15) is 11.8 Å². The minimum absolute atomic E-state index is 0.167. The third-order valence-electron chi connectivity index (χ3n) is 10.5. The monoisotopic (exact) mass is 748 g/mol. The van der Waals surface area contributed by atoms with Crippen molar-refractivity contribution in [3.8, 4) is 0 Å². The normalized spacial score (nSPS) is 11.5. The lowest BCUT2D eigenvalue weighted by Gasteiger charge is -2.07. The first-order valence-electron chi connectivity index (χ1n) is 20.8. The van der Waals surface area contributed by atoms with Gasteiger partial charge in [0, 0.05) is 11.5 Å². The van der Waals surface area contributed by atoms with Crippen LogP contribution in [0.1, 0.15) is 128 Å². The van der Waals surface area contributed by atoms with E-state index in [1.165, 1.54) is 77.0 Å². The lowest BCUT2D eigenvalue weighted by Crippen LogP contribution is -2.34. The molecule has 0 unspecified atom stereocenters. The Morgan fingerprint density at radius 2 is 0.906 bits per heavy atom. The number of thioether (sulfide) groups is 1. The molecule has 2 aromatic carbocycles. The topological polar surface area (TPSA) is 70.2 Å². The standard InChI is InChI=1S/C44H68N4O4S/c1-5-7-9-11-13-15-17-23-31-51-43(49)35-47-39-27-21-19-25-37(39)45(3)41(47)29-33-53-34-30-42-46(4)38-26-20-22-28-40(38)48(42)36-44(50)52-32-24-18-16-14-12-10-8-6-2/h19-22,25-28H,5-18,23-24,29-36H2,1-4H3/q+2. The first-order chi connectivity index (χ1) is 26.0. The Balaban J connectivity index is 1.27. The molecular formula is C44H68N4O4S+2. The number of imidazole rings is 2. The van der Waals surface area contributed by atoms with Gasteiger partial charge in [0.15, 0.2) is 35.2 Å². The lowest BCUT2D eigenvalue weighted by molar-refractivity contribution is -0.653. The van der Waals surface area contributed by atoms with E-state index in [2.05, 4.69) is 82.6 Å². The van der Waals surface area contributed by atoms with Crippen LogP contribution in [0, 0.1) is 0 Å². The molecule has 2 heterocycles. The van der Waals surface area contributed by atoms with Crippen molar-refractivity contribution in [2.75, 3.05) is 24.7 Å². The number of ether oxygens (including phenoxy) is 2. The van der Waals surface area contributed by atoms with Crippen molar-refractivity contribution in [1.82, 2.24) is 9.13 Å². The summed E-state index contributed by atoms with van der Waals surface area (Å²) in [4.78, 5) is 26.0. The number of hydrogen-bond donors (Lipinski definition) is 0. The Bertz CT molecular complexity index is 1560. The van der Waals surface area contributed by atoms with Gasteiger partial charge in [0.1, 0.15) is 0 Å². The molecular weight excluding hydrogens is 681 g/mol. The van der Waals surface area contributed by atoms with Crippen molar-refractivity contribution >= 4 is 45.8 Å². The SMILES string of the molecule is CCCCCCCCCCOC(=O)Cn1c(CCSCCc2n(CC(=O)OCCCCCCCCCC)c3ccccc3[n+]2C)[n+](C)c2ccccc21. The quantitative estimate of drug-likeness (QED) is 0.0329. The summed E-state index contributed by atoms with van der Waals surface area (Å²) in [5, 5.41) is 0. The number of rotatable bonds is 28. The molecule has 8 nitrogen and oxygen atoms in total. The van der Waals surface area contributed by atoms with Crippen molar-refractivity contribution in [3.63, 3.8) is 0 Å². The average molecular weight is 749 g/mol. The Morgan fingerprint density at radius 1 is 0.547 bits per heavy atom. The molecule has 2 aromatic heterocycles. The molecule has 53 heavy (non-hydrogen) atoms. The van der Waals surface area contributed by atoms with E-state index in [0.29, 0.717) is 13.2 Å². The highest BCUT2D eigenvalue weighted by molar-refractivity contribution is 7.99. The maximum Gasteiger partial charge on any atom is 0.348 e. The average Bonchev–Trinajstić information content (AvgIpc) is 3.58. The number of aryl methyl sites for hydroxylation is 2. The number of carbonyl (C=O) groups is 2. The van der Waals surface area contributed by atoms with Crippen molar-refractivity contribution in [2.45, 2.75) is 143 Å². The van der Waals surface area contributed by atoms with E-state index in [0.717, 1.165) is 83.7 Å². The molecule has 0 saturated carbocycles. The zero-order valence-corrected chi connectivity index (χ0v) is 34.2. The van der Waals surface area contributed by atoms with Crippen LogP contribution in [0.3, 0.4) is 0 Å². The molecule has 4 rings (SSSR count). The van der Waals surface area contributed by atoms with Crippen LogP contribution in [0.2, 0.25) is 0 Å². The molecule has 0 spiro atoms. The van der Waals surface area contributed by atoms with Crippen LogP contribution in [0.4, 0.5) is 0 Å². The van der Waals surface area contributed by atoms with Crippen molar-refractivity contribution in [1.29, 1.82) is 0 Å². The number of benzene rings is 2. The Hall–Kier alpha value is -3.33. The van der Waals surface area contributed by atoms with E-state index < -0.39 is 0 Å². The zero-order valence-electron chi connectivity index (χ0n) is 33.4. The summed E-state index contributed by atoms with van der Waals surface area (Å²) < 4.78 is 20.1. The van der Waals surface area contributed by atoms with Gasteiger partial charge in [-0.05, 0) is 37.1 Å². The number of para-hydroxylation sites is 4. The lowest BCUT2D eigenvalue weighted by atomic mass is 10.1. The Kier molecular flexibility index (Phi) is 19.3. The van der Waals surface area contributed by atoms with Gasteiger partial charge in [-0.15, -0.1) is 0 Å². The second-order valence-corrected chi connectivity index (χ2v) is 15.8. The number of carbonyl (C=O) groups excluding carboxylic acids is 2. The molecule has 4 aromatic rings. The van der Waals surface area contributed by atoms with E-state index in [-0.39, 0.29) is 25.0 Å². The van der Waals surface area contributed by atoms with Crippen molar-refractivity contribution in [3.05, 3.63) is 60.2 Å². The van der Waals surface area contributed by atoms with Crippen LogP contribution in [-0.4, -0.2) is 45.8 Å². The molecule has 0 aliphatic carbocycles. The summed E-state index contributed by atoms with van der Waals surface area (Å²) in [5.41, 5.74) is 4.36. The van der Waals surface area contributed by atoms with E-state index in [1.54, 1.807) is 0 Å². The van der Waals surface area contributed by atoms with E-state index in [9.17, 15) is 9.59 Å². The van der Waals surface area contributed by atoms with Crippen LogP contribution in [0.25, 0.3) is 22.1 Å². The number of hydrogen-bond acceptors (Lipinski definition) is 5. The van der Waals surface area contributed by atoms with Gasteiger partial charge in [0.05, 0.1) is 40.2 Å². The molecule has 0 aliphatic heterocycles. The van der Waals surface area contributed by atoms with Crippen LogP contribution < -0.4 is 9.13 Å². The fraction of sp³-hybridized carbons (Fsp3) is 0.636. The Morgan fingerprint density at radius 3 is 1.30 bits per heavy atom. The second-order valence-electron chi connectivity index (χ2n) is 14.6. The molecule has 292 valence electrons. The number of aromatic nitrogens is 4. The van der Waals surface area contributed by atoms with Gasteiger partial charge >= 0.3 is 11.9 Å². The fourth-order valence-corrected chi connectivity index (χ4v) is 8.31. The maximum absolute atomic E-state index is 13.0. The summed E-state index contributed by atoms with van der Waals surface area (Å²) >= 11 is 1.90. The summed E-state index contributed by atoms with van der Waals surface area (Å²) in [7, 11) is 4.19. The van der Waals surface area contributed by atoms with Gasteiger partial charge < -0.3 is 9.47 Å². The Labute approximate surface area is 323 Å². The fourth-order valence-electron chi connectivity index (χ4n) is 7.45. The molecule has 0 radical (unpaired) electrons. The van der Waals surface area contributed by atoms with Crippen LogP contribution in [0.5, 0.6) is 0 Å². The number of nitrogens with zero attached hydrogens (tertiary/aromatic N) is 4. The molecule has 0 saturated heterocycles. The van der Waals surface area contributed by atoms with Gasteiger partial charge in [-0.3, -0.25) is 0 Å². The number of unbranched alkanes of at least 4 members (excludes halogenated alkanes) is 14. The summed E-state index contributed by atoms with van der Waals surface area (Å²) in [5.74, 6) is 3.76. The molecule has 0 amide bonds. The van der Waals surface area contributed by atoms with Gasteiger partial charge in [0.25, 0.3) is 11.6 Å². The molecule has 0 atom stereocenters. The predicted octanol–water partition coefficient (Wildman–Crippen LogP) is 9.13. The predicted molar refractivity (Wildman–Crippen MR) is 218 cm³/mol. The van der Waals surface area contributed by atoms with Crippen LogP contribution in [0.15, 0.2) is 48.5 Å². The maximum atomic E-state index is 13.0. The second kappa shape index (κ2) is 24.2. The summed E-state index contributed by atoms with van der Waals surface area (Å²) in [6.07, 6.45) is 21.2. The summed E-state index contributed by atoms with van der Waals surface area (Å²) in [6, 6.07) is 16.6. The van der Waals surface area contributed by atoms with E-state index in [1.807, 2.05) is 23.9 Å². The molecule has 0 fully saturated rings. The first kappa shape index (κ1) is 42.4. The third-order valence-corrected chi connectivity index (χ3v) is 11.5. The highest BCUT2D eigenvalue weighted by Gasteiger charge is 2.26. The smallest absolute Gasteiger partial charge is 0.348 e. The minimum Gasteiger partial charge on any atom is -0.463 e. The van der Waals surface area contributed by atoms with Crippen LogP contribution in [-0.2, 0) is 59.1 Å². The largest absolute Gasteiger partial charge is 0.463 e. The number of esters is 2. The first-order valence-corrected chi connectivity index (χ1v) is 21.9. The van der Waals surface area contributed by atoms with Crippen molar-refractivity contribution < 1.29 is 28.2 Å². The van der Waals surface area contributed by atoms with Crippen molar-refractivity contribution in [2.24, 2.45) is 14.1 Å². The molecule has 0 bridgehead atoms. The van der Waals surface area contributed by atoms with Crippen LogP contribution >= 0.6 is 11.8 Å². The number of fused-ring (bicyclic) bond motifs is 2. The third kappa shape index (κ3) is 13.5. The summed E-state index contributed by atoms with van der Waals surface area (Å²) in [6.45, 7) is 5.94. The van der Waals surface area contributed by atoms with Gasteiger partial charge in [-0.1, -0.05) is 128 Å².